The molecule has 90 valence electrons. The van der Waals surface area contributed by atoms with Crippen LogP contribution in [0.1, 0.15) is 11.1 Å². The number of para-hydroxylation sites is 1. The van der Waals surface area contributed by atoms with Gasteiger partial charge in [-0.2, -0.15) is 0 Å². The van der Waals surface area contributed by atoms with Gasteiger partial charge in [-0.05, 0) is 6.07 Å². The summed E-state index contributed by atoms with van der Waals surface area (Å²) in [5.74, 6) is -0.651. The molecule has 5 nitrogen and oxygen atoms in total. The Balaban J connectivity index is 2.31. The van der Waals surface area contributed by atoms with Crippen molar-refractivity contribution in [2.24, 2.45) is 0 Å². The Bertz CT molecular complexity index is 691. The molecule has 0 radical (unpaired) electrons. The lowest BCUT2D eigenvalue weighted by Crippen LogP contribution is -2.39. The summed E-state index contributed by atoms with van der Waals surface area (Å²) in [5, 5.41) is 13.1. The molecule has 0 spiro atoms. The first-order valence-electron chi connectivity index (χ1n) is 5.34. The number of fused-ring (bicyclic) bond motifs is 1. The molecule has 1 unspecified atom stereocenters. The van der Waals surface area contributed by atoms with Gasteiger partial charge in [-0.25, -0.2) is 0 Å². The number of aliphatic hydroxyl groups is 1. The number of benzene rings is 1. The molecule has 0 fully saturated rings. The minimum absolute atomic E-state index is 0.0903. The summed E-state index contributed by atoms with van der Waals surface area (Å²) in [4.78, 5) is 23.7. The van der Waals surface area contributed by atoms with Crippen molar-refractivity contribution in [3.8, 4) is 0 Å². The van der Waals surface area contributed by atoms with E-state index in [1.807, 2.05) is 0 Å². The molecule has 5 heteroatoms. The van der Waals surface area contributed by atoms with Gasteiger partial charge in [0.2, 0.25) is 5.60 Å². The molecule has 18 heavy (non-hydrogen) atoms. The summed E-state index contributed by atoms with van der Waals surface area (Å²) in [6, 6.07) is 7.85. The highest BCUT2D eigenvalue weighted by Crippen LogP contribution is 2.39. The van der Waals surface area contributed by atoms with Crippen LogP contribution >= 0.6 is 0 Å². The quantitative estimate of drug-likeness (QED) is 0.777. The third-order valence-corrected chi connectivity index (χ3v) is 3.03. The zero-order valence-corrected chi connectivity index (χ0v) is 9.21. The van der Waals surface area contributed by atoms with Gasteiger partial charge < -0.3 is 14.8 Å². The molecule has 2 aromatic rings. The zero-order chi connectivity index (χ0) is 12.8. The summed E-state index contributed by atoms with van der Waals surface area (Å²) < 4.78 is 4.89. The third kappa shape index (κ3) is 1.25. The fourth-order valence-corrected chi connectivity index (χ4v) is 2.13. The van der Waals surface area contributed by atoms with Gasteiger partial charge in [0.1, 0.15) is 6.26 Å². The minimum Gasteiger partial charge on any atom is -0.472 e. The summed E-state index contributed by atoms with van der Waals surface area (Å²) >= 11 is 0. The second kappa shape index (κ2) is 3.54. The van der Waals surface area contributed by atoms with E-state index >= 15 is 0 Å². The monoisotopic (exact) mass is 243 g/mol. The zero-order valence-electron chi connectivity index (χ0n) is 9.21. The predicted molar refractivity (Wildman–Crippen MR) is 63.0 cm³/mol. The smallest absolute Gasteiger partial charge is 0.266 e. The lowest BCUT2D eigenvalue weighted by Gasteiger charge is -2.19. The van der Waals surface area contributed by atoms with Gasteiger partial charge in [0.05, 0.1) is 11.8 Å². The summed E-state index contributed by atoms with van der Waals surface area (Å²) in [5.41, 5.74) is -1.68. The normalized spacial score (nSPS) is 21.5. The van der Waals surface area contributed by atoms with Gasteiger partial charge in [0, 0.05) is 17.3 Å². The van der Waals surface area contributed by atoms with Crippen molar-refractivity contribution in [3.05, 3.63) is 64.2 Å². The molecule has 2 heterocycles. The standard InChI is InChI=1S/C13H9NO4/c15-11-5-6-18-7-9(11)13(17)8-3-1-2-4-10(8)14-12(13)16/h1-7,17H,(H,14,16). The van der Waals surface area contributed by atoms with Gasteiger partial charge in [0.25, 0.3) is 5.91 Å². The molecule has 1 aromatic heterocycles. The lowest BCUT2D eigenvalue weighted by atomic mass is 9.89. The predicted octanol–water partition coefficient (Wildman–Crippen LogP) is 0.828. The maximum atomic E-state index is 12.0. The number of anilines is 1. The van der Waals surface area contributed by atoms with Crippen LogP contribution in [0.2, 0.25) is 0 Å². The number of hydrogen-bond donors (Lipinski definition) is 2. The maximum absolute atomic E-state index is 12.0. The van der Waals surface area contributed by atoms with Gasteiger partial charge in [-0.15, -0.1) is 0 Å². The number of nitrogens with one attached hydrogen (secondary N) is 1. The van der Waals surface area contributed by atoms with Crippen LogP contribution in [0.5, 0.6) is 0 Å². The van der Waals surface area contributed by atoms with Crippen molar-refractivity contribution >= 4 is 11.6 Å². The molecule has 1 amide bonds. The Hall–Kier alpha value is -2.40. The number of carbonyl (C=O) groups excluding carboxylic acids is 1. The van der Waals surface area contributed by atoms with Crippen LogP contribution in [0, 0.1) is 0 Å². The Morgan fingerprint density at radius 2 is 1.89 bits per heavy atom. The van der Waals surface area contributed by atoms with Crippen LogP contribution < -0.4 is 10.7 Å². The molecule has 1 aromatic carbocycles. The van der Waals surface area contributed by atoms with Crippen molar-refractivity contribution in [1.82, 2.24) is 0 Å². The molecule has 0 saturated heterocycles. The highest BCUT2D eigenvalue weighted by atomic mass is 16.3. The molecule has 1 aliphatic rings. The van der Waals surface area contributed by atoms with Crippen LogP contribution in [-0.2, 0) is 10.4 Å². The molecule has 0 aliphatic carbocycles. The fourth-order valence-electron chi connectivity index (χ4n) is 2.13. The molecule has 3 rings (SSSR count). The van der Waals surface area contributed by atoms with E-state index in [0.717, 1.165) is 6.26 Å². The molecule has 0 saturated carbocycles. The van der Waals surface area contributed by atoms with E-state index in [1.165, 1.54) is 12.3 Å². The fraction of sp³-hybridized carbons (Fsp3) is 0.0769. The Kier molecular flexibility index (Phi) is 2.11. The average Bonchev–Trinajstić information content (AvgIpc) is 2.63. The highest BCUT2D eigenvalue weighted by molar-refractivity contribution is 6.07. The van der Waals surface area contributed by atoms with Crippen LogP contribution in [0.15, 0.2) is 52.1 Å². The Morgan fingerprint density at radius 3 is 2.67 bits per heavy atom. The second-order valence-electron chi connectivity index (χ2n) is 4.04. The summed E-state index contributed by atoms with van der Waals surface area (Å²) in [6.07, 6.45) is 2.30. The van der Waals surface area contributed by atoms with Crippen LogP contribution in [0.4, 0.5) is 5.69 Å². The van der Waals surface area contributed by atoms with Gasteiger partial charge >= 0.3 is 0 Å². The van der Waals surface area contributed by atoms with Crippen molar-refractivity contribution in [3.63, 3.8) is 0 Å². The lowest BCUT2D eigenvalue weighted by molar-refractivity contribution is -0.129. The number of rotatable bonds is 1. The second-order valence-corrected chi connectivity index (χ2v) is 4.04. The summed E-state index contributed by atoms with van der Waals surface area (Å²) in [6.45, 7) is 0. The molecular weight excluding hydrogens is 234 g/mol. The van der Waals surface area contributed by atoms with Gasteiger partial charge in [0.15, 0.2) is 5.43 Å². The number of hydrogen-bond acceptors (Lipinski definition) is 4. The Morgan fingerprint density at radius 1 is 1.11 bits per heavy atom. The first kappa shape index (κ1) is 10.7. The first-order valence-corrected chi connectivity index (χ1v) is 5.34. The van der Waals surface area contributed by atoms with Gasteiger partial charge in [-0.3, -0.25) is 9.59 Å². The van der Waals surface area contributed by atoms with Crippen LogP contribution in [0.25, 0.3) is 0 Å². The van der Waals surface area contributed by atoms with Crippen molar-refractivity contribution in [2.75, 3.05) is 5.32 Å². The summed E-state index contributed by atoms with van der Waals surface area (Å²) in [7, 11) is 0. The van der Waals surface area contributed by atoms with E-state index in [4.69, 9.17) is 4.42 Å². The van der Waals surface area contributed by atoms with Crippen LogP contribution in [-0.4, -0.2) is 11.0 Å². The number of carbonyl (C=O) groups is 1. The van der Waals surface area contributed by atoms with Crippen molar-refractivity contribution < 1.29 is 14.3 Å². The van der Waals surface area contributed by atoms with E-state index in [2.05, 4.69) is 5.32 Å². The third-order valence-electron chi connectivity index (χ3n) is 3.03. The highest BCUT2D eigenvalue weighted by Gasteiger charge is 2.48. The first-order chi connectivity index (χ1) is 8.64. The van der Waals surface area contributed by atoms with Crippen LogP contribution in [0.3, 0.4) is 0 Å². The molecule has 0 bridgehead atoms. The van der Waals surface area contributed by atoms with E-state index in [-0.39, 0.29) is 5.56 Å². The van der Waals surface area contributed by atoms with Crippen molar-refractivity contribution in [2.45, 2.75) is 5.60 Å². The SMILES string of the molecule is O=C1Nc2ccccc2C1(O)c1coccc1=O. The van der Waals surface area contributed by atoms with E-state index in [9.17, 15) is 14.7 Å². The molecular formula is C13H9NO4. The topological polar surface area (TPSA) is 79.5 Å². The van der Waals surface area contributed by atoms with Crippen molar-refractivity contribution in [1.29, 1.82) is 0 Å². The molecule has 2 N–H and O–H groups in total. The molecule has 1 atom stereocenters. The molecule has 1 aliphatic heterocycles. The maximum Gasteiger partial charge on any atom is 0.266 e. The largest absolute Gasteiger partial charge is 0.472 e. The number of amides is 1. The van der Waals surface area contributed by atoms with E-state index in [1.54, 1.807) is 24.3 Å². The average molecular weight is 243 g/mol. The Labute approximate surface area is 102 Å². The van der Waals surface area contributed by atoms with E-state index in [0.29, 0.717) is 11.3 Å². The van der Waals surface area contributed by atoms with E-state index < -0.39 is 16.9 Å². The van der Waals surface area contributed by atoms with Gasteiger partial charge in [-0.1, -0.05) is 18.2 Å². The minimum atomic E-state index is -1.99.